The molecule has 0 radical (unpaired) electrons. The summed E-state index contributed by atoms with van der Waals surface area (Å²) >= 11 is 0. The fourth-order valence-corrected chi connectivity index (χ4v) is 3.97. The van der Waals surface area contributed by atoms with Crippen molar-refractivity contribution >= 4 is 11.9 Å². The van der Waals surface area contributed by atoms with Crippen LogP contribution in [0.5, 0.6) is 0 Å². The standard InChI is InChI=1S/C19H28N4O3/c1-22(2)18-20-17(24)19(21-18)8-10-23(11-9-19)13-14-6-7-16(26-14)15-5-3-4-12-25-15/h6-7,15H,3-5,8-13H2,1-2H3,(H,20,21,24)/t15-/m1/s1. The highest BCUT2D eigenvalue weighted by Crippen LogP contribution is 2.32. The van der Waals surface area contributed by atoms with E-state index in [1.165, 1.54) is 6.42 Å². The van der Waals surface area contributed by atoms with Crippen LogP contribution in [0.15, 0.2) is 21.5 Å². The van der Waals surface area contributed by atoms with Gasteiger partial charge in [0.15, 0.2) is 0 Å². The summed E-state index contributed by atoms with van der Waals surface area (Å²) in [6.07, 6.45) is 4.99. The fraction of sp³-hybridized carbons (Fsp3) is 0.684. The highest BCUT2D eigenvalue weighted by Gasteiger charge is 2.46. The third-order valence-corrected chi connectivity index (χ3v) is 5.63. The molecule has 26 heavy (non-hydrogen) atoms. The van der Waals surface area contributed by atoms with Crippen LogP contribution in [0, 0.1) is 0 Å². The molecular weight excluding hydrogens is 332 g/mol. The van der Waals surface area contributed by atoms with Gasteiger partial charge in [-0.25, -0.2) is 4.99 Å². The van der Waals surface area contributed by atoms with E-state index in [-0.39, 0.29) is 12.0 Å². The number of furan rings is 1. The molecule has 2 saturated heterocycles. The topological polar surface area (TPSA) is 70.3 Å². The van der Waals surface area contributed by atoms with Crippen LogP contribution in [0.2, 0.25) is 0 Å². The Morgan fingerprint density at radius 3 is 2.77 bits per heavy atom. The van der Waals surface area contributed by atoms with Gasteiger partial charge in [0.2, 0.25) is 5.96 Å². The minimum Gasteiger partial charge on any atom is -0.462 e. The van der Waals surface area contributed by atoms with Gasteiger partial charge in [-0.3, -0.25) is 15.0 Å². The molecule has 0 aromatic carbocycles. The van der Waals surface area contributed by atoms with Crippen molar-refractivity contribution in [3.8, 4) is 0 Å². The molecule has 0 bridgehead atoms. The van der Waals surface area contributed by atoms with Crippen LogP contribution < -0.4 is 5.32 Å². The number of ether oxygens (including phenoxy) is 1. The number of carbonyl (C=O) groups is 1. The van der Waals surface area contributed by atoms with Gasteiger partial charge in [-0.1, -0.05) is 0 Å². The van der Waals surface area contributed by atoms with Crippen molar-refractivity contribution in [2.24, 2.45) is 4.99 Å². The first-order valence-corrected chi connectivity index (χ1v) is 9.57. The molecule has 1 atom stereocenters. The van der Waals surface area contributed by atoms with Gasteiger partial charge in [0.25, 0.3) is 5.91 Å². The van der Waals surface area contributed by atoms with Crippen molar-refractivity contribution in [3.05, 3.63) is 23.7 Å². The zero-order valence-electron chi connectivity index (χ0n) is 15.7. The lowest BCUT2D eigenvalue weighted by Crippen LogP contribution is -2.49. The summed E-state index contributed by atoms with van der Waals surface area (Å²) in [6.45, 7) is 3.28. The number of likely N-dealkylation sites (tertiary alicyclic amines) is 1. The molecule has 142 valence electrons. The maximum atomic E-state index is 12.4. The van der Waals surface area contributed by atoms with Crippen molar-refractivity contribution in [1.82, 2.24) is 15.1 Å². The second kappa shape index (κ2) is 7.04. The van der Waals surface area contributed by atoms with Crippen LogP contribution in [0.4, 0.5) is 0 Å². The number of piperidine rings is 1. The first kappa shape index (κ1) is 17.5. The van der Waals surface area contributed by atoms with Gasteiger partial charge in [0, 0.05) is 33.8 Å². The third kappa shape index (κ3) is 3.38. The second-order valence-electron chi connectivity index (χ2n) is 7.75. The SMILES string of the molecule is CN(C)C1=NC2(CCN(Cc3ccc([C@H]4CCCCO4)o3)CC2)C(=O)N1. The molecular formula is C19H28N4O3. The van der Waals surface area contributed by atoms with E-state index in [1.54, 1.807) is 0 Å². The number of nitrogens with one attached hydrogen (secondary N) is 1. The van der Waals surface area contributed by atoms with Crippen LogP contribution in [0.25, 0.3) is 0 Å². The number of carbonyl (C=O) groups excluding carboxylic acids is 1. The van der Waals surface area contributed by atoms with E-state index in [4.69, 9.17) is 9.15 Å². The molecule has 0 aliphatic carbocycles. The Morgan fingerprint density at radius 1 is 1.31 bits per heavy atom. The molecule has 2 fully saturated rings. The second-order valence-corrected chi connectivity index (χ2v) is 7.75. The molecule has 1 N–H and O–H groups in total. The number of amides is 1. The predicted molar refractivity (Wildman–Crippen MR) is 97.8 cm³/mol. The summed E-state index contributed by atoms with van der Waals surface area (Å²) in [5, 5.41) is 2.90. The number of aliphatic imine (C=N–C) groups is 1. The third-order valence-electron chi connectivity index (χ3n) is 5.63. The van der Waals surface area contributed by atoms with Crippen molar-refractivity contribution in [3.63, 3.8) is 0 Å². The van der Waals surface area contributed by atoms with Crippen LogP contribution in [-0.4, -0.2) is 61.0 Å². The quantitative estimate of drug-likeness (QED) is 0.892. The molecule has 4 heterocycles. The minimum absolute atomic E-state index is 0.0376. The number of guanidine groups is 1. The number of hydrogen-bond donors (Lipinski definition) is 1. The zero-order valence-corrected chi connectivity index (χ0v) is 15.7. The first-order chi connectivity index (χ1) is 12.6. The van der Waals surface area contributed by atoms with E-state index in [1.807, 2.05) is 19.0 Å². The average molecular weight is 360 g/mol. The Morgan fingerprint density at radius 2 is 2.12 bits per heavy atom. The first-order valence-electron chi connectivity index (χ1n) is 9.57. The highest BCUT2D eigenvalue weighted by molar-refractivity contribution is 6.07. The molecule has 0 unspecified atom stereocenters. The van der Waals surface area contributed by atoms with E-state index in [0.29, 0.717) is 5.96 Å². The van der Waals surface area contributed by atoms with Gasteiger partial charge in [0.1, 0.15) is 23.2 Å². The summed E-state index contributed by atoms with van der Waals surface area (Å²) in [5.41, 5.74) is -0.583. The summed E-state index contributed by atoms with van der Waals surface area (Å²) in [5.74, 6) is 2.63. The zero-order chi connectivity index (χ0) is 18.1. The van der Waals surface area contributed by atoms with Gasteiger partial charge in [0.05, 0.1) is 6.54 Å². The Bertz CT molecular complexity index is 683. The van der Waals surface area contributed by atoms with Crippen LogP contribution in [0.1, 0.15) is 49.7 Å². The van der Waals surface area contributed by atoms with Gasteiger partial charge in [-0.05, 0) is 44.2 Å². The lowest BCUT2D eigenvalue weighted by Gasteiger charge is -2.34. The monoisotopic (exact) mass is 360 g/mol. The lowest BCUT2D eigenvalue weighted by atomic mass is 9.88. The highest BCUT2D eigenvalue weighted by atomic mass is 16.5. The predicted octanol–water partition coefficient (Wildman–Crippen LogP) is 1.90. The Hall–Kier alpha value is -1.86. The molecule has 1 aromatic rings. The molecule has 1 amide bonds. The van der Waals surface area contributed by atoms with Crippen LogP contribution in [0.3, 0.4) is 0 Å². The van der Waals surface area contributed by atoms with E-state index in [2.05, 4.69) is 27.3 Å². The summed E-state index contributed by atoms with van der Waals surface area (Å²) in [7, 11) is 3.80. The maximum absolute atomic E-state index is 12.4. The van der Waals surface area contributed by atoms with E-state index in [9.17, 15) is 4.79 Å². The normalized spacial score (nSPS) is 26.0. The Labute approximate surface area is 154 Å². The molecule has 1 aromatic heterocycles. The fourth-order valence-electron chi connectivity index (χ4n) is 3.97. The molecule has 4 rings (SSSR count). The smallest absolute Gasteiger partial charge is 0.254 e. The van der Waals surface area contributed by atoms with Gasteiger partial charge < -0.3 is 14.1 Å². The lowest BCUT2D eigenvalue weighted by molar-refractivity contribution is -0.125. The summed E-state index contributed by atoms with van der Waals surface area (Å²) in [6, 6.07) is 4.11. The van der Waals surface area contributed by atoms with Crippen molar-refractivity contribution < 1.29 is 13.9 Å². The number of hydrogen-bond acceptors (Lipinski definition) is 6. The van der Waals surface area contributed by atoms with Crippen LogP contribution >= 0.6 is 0 Å². The molecule has 0 saturated carbocycles. The van der Waals surface area contributed by atoms with Gasteiger partial charge in [-0.2, -0.15) is 0 Å². The van der Waals surface area contributed by atoms with E-state index < -0.39 is 5.54 Å². The minimum atomic E-state index is -0.583. The van der Waals surface area contributed by atoms with Crippen molar-refractivity contribution in [1.29, 1.82) is 0 Å². The van der Waals surface area contributed by atoms with Crippen molar-refractivity contribution in [2.75, 3.05) is 33.8 Å². The molecule has 7 nitrogen and oxygen atoms in total. The van der Waals surface area contributed by atoms with Gasteiger partial charge in [-0.15, -0.1) is 0 Å². The van der Waals surface area contributed by atoms with Gasteiger partial charge >= 0.3 is 0 Å². The largest absolute Gasteiger partial charge is 0.462 e. The molecule has 7 heteroatoms. The maximum Gasteiger partial charge on any atom is 0.254 e. The molecule has 3 aliphatic rings. The summed E-state index contributed by atoms with van der Waals surface area (Å²) in [4.78, 5) is 21.3. The molecule has 1 spiro atoms. The van der Waals surface area contributed by atoms with E-state index in [0.717, 1.165) is 63.4 Å². The van der Waals surface area contributed by atoms with E-state index >= 15 is 0 Å². The summed E-state index contributed by atoms with van der Waals surface area (Å²) < 4.78 is 11.8. The van der Waals surface area contributed by atoms with Crippen LogP contribution in [-0.2, 0) is 16.1 Å². The Kier molecular flexibility index (Phi) is 4.75. The number of rotatable bonds is 3. The van der Waals surface area contributed by atoms with Crippen molar-refractivity contribution in [2.45, 2.75) is 50.3 Å². The average Bonchev–Trinajstić information content (AvgIpc) is 3.24. The molecule has 3 aliphatic heterocycles. The Balaban J connectivity index is 1.34. The number of nitrogens with zero attached hydrogens (tertiary/aromatic N) is 3.